The third kappa shape index (κ3) is 6.03. The number of carbonyl (C=O) groups excluding carboxylic acids is 3. The maximum absolute atomic E-state index is 13.2. The number of hydrogen-bond acceptors (Lipinski definition) is 5. The van der Waals surface area contributed by atoms with Crippen LogP contribution in [0.15, 0.2) is 48.5 Å². The van der Waals surface area contributed by atoms with Crippen molar-refractivity contribution in [3.63, 3.8) is 0 Å². The van der Waals surface area contributed by atoms with Gasteiger partial charge in [0.25, 0.3) is 0 Å². The molecule has 2 aromatic rings. The van der Waals surface area contributed by atoms with Gasteiger partial charge in [-0.15, -0.1) is 0 Å². The van der Waals surface area contributed by atoms with Crippen LogP contribution in [0.2, 0.25) is 5.02 Å². The molecule has 2 aliphatic heterocycles. The van der Waals surface area contributed by atoms with Gasteiger partial charge in [0.05, 0.1) is 13.0 Å². The number of benzene rings is 2. The Balaban J connectivity index is 1.31. The maximum Gasteiger partial charge on any atom is 0.243 e. The van der Waals surface area contributed by atoms with Crippen molar-refractivity contribution in [2.45, 2.75) is 12.5 Å². The number of amides is 3. The Morgan fingerprint density at radius 2 is 1.68 bits per heavy atom. The van der Waals surface area contributed by atoms with Gasteiger partial charge >= 0.3 is 0 Å². The van der Waals surface area contributed by atoms with E-state index in [9.17, 15) is 18.8 Å². The van der Waals surface area contributed by atoms with E-state index in [-0.39, 0.29) is 36.5 Å². The largest absolute Gasteiger partial charge is 0.369 e. The van der Waals surface area contributed by atoms with Gasteiger partial charge in [0.2, 0.25) is 17.7 Å². The molecule has 2 aliphatic rings. The van der Waals surface area contributed by atoms with Crippen LogP contribution >= 0.6 is 11.6 Å². The van der Waals surface area contributed by atoms with Crippen molar-refractivity contribution in [2.75, 3.05) is 56.0 Å². The maximum atomic E-state index is 13.2. The first-order valence-electron chi connectivity index (χ1n) is 11.2. The molecule has 2 fully saturated rings. The minimum absolute atomic E-state index is 0.126. The Kier molecular flexibility index (Phi) is 7.64. The van der Waals surface area contributed by atoms with E-state index in [2.05, 4.69) is 15.5 Å². The van der Waals surface area contributed by atoms with E-state index in [1.807, 2.05) is 4.90 Å². The van der Waals surface area contributed by atoms with Crippen LogP contribution in [0, 0.1) is 5.82 Å². The van der Waals surface area contributed by atoms with Gasteiger partial charge in [-0.2, -0.15) is 0 Å². The molecule has 0 aromatic heterocycles. The molecule has 4 rings (SSSR count). The number of carbonyl (C=O) groups is 3. The topological polar surface area (TPSA) is 85.0 Å². The van der Waals surface area contributed by atoms with Crippen LogP contribution in [-0.4, -0.2) is 79.4 Å². The average molecular weight is 488 g/mol. The molecule has 2 N–H and O–H groups in total. The molecule has 0 saturated carbocycles. The summed E-state index contributed by atoms with van der Waals surface area (Å²) in [7, 11) is 0. The molecule has 1 unspecified atom stereocenters. The van der Waals surface area contributed by atoms with Gasteiger partial charge < -0.3 is 20.4 Å². The Morgan fingerprint density at radius 3 is 2.35 bits per heavy atom. The van der Waals surface area contributed by atoms with E-state index in [0.717, 1.165) is 5.69 Å². The molecule has 2 saturated heterocycles. The zero-order valence-electron chi connectivity index (χ0n) is 18.7. The van der Waals surface area contributed by atoms with Gasteiger partial charge in [-0.05, 0) is 48.5 Å². The molecule has 10 heteroatoms. The lowest BCUT2D eigenvalue weighted by atomic mass is 10.1. The highest BCUT2D eigenvalue weighted by atomic mass is 35.5. The first-order chi connectivity index (χ1) is 16.4. The molecule has 0 spiro atoms. The summed E-state index contributed by atoms with van der Waals surface area (Å²) in [5.74, 6) is -1.12. The third-order valence-electron chi connectivity index (χ3n) is 6.08. The fourth-order valence-corrected chi connectivity index (χ4v) is 4.36. The van der Waals surface area contributed by atoms with Crippen LogP contribution < -0.4 is 15.5 Å². The van der Waals surface area contributed by atoms with Gasteiger partial charge in [-0.1, -0.05) is 11.6 Å². The van der Waals surface area contributed by atoms with E-state index >= 15 is 0 Å². The monoisotopic (exact) mass is 487 g/mol. The lowest BCUT2D eigenvalue weighted by Crippen LogP contribution is -2.60. The van der Waals surface area contributed by atoms with E-state index < -0.39 is 6.04 Å². The molecule has 180 valence electrons. The Hall–Kier alpha value is -3.17. The molecule has 0 aliphatic carbocycles. The Bertz CT molecular complexity index is 1030. The zero-order chi connectivity index (χ0) is 24.1. The summed E-state index contributed by atoms with van der Waals surface area (Å²) in [5, 5.41) is 6.05. The number of hydrogen-bond donors (Lipinski definition) is 2. The number of anilines is 2. The summed E-state index contributed by atoms with van der Waals surface area (Å²) in [6, 6.07) is 12.2. The van der Waals surface area contributed by atoms with Crippen LogP contribution in [-0.2, 0) is 14.4 Å². The predicted molar refractivity (Wildman–Crippen MR) is 128 cm³/mol. The number of rotatable bonds is 6. The summed E-state index contributed by atoms with van der Waals surface area (Å²) >= 11 is 5.87. The SMILES string of the molecule is O=C(CC1C(=O)NCCN1C(=O)CN1CCN(c2ccc(F)cc2)CC1)Nc1ccc(Cl)cc1. The van der Waals surface area contributed by atoms with Crippen molar-refractivity contribution in [1.82, 2.24) is 15.1 Å². The van der Waals surface area contributed by atoms with Crippen molar-refractivity contribution in [2.24, 2.45) is 0 Å². The normalized spacial score (nSPS) is 19.0. The highest BCUT2D eigenvalue weighted by Crippen LogP contribution is 2.18. The van der Waals surface area contributed by atoms with Crippen LogP contribution in [0.4, 0.5) is 15.8 Å². The number of nitrogens with one attached hydrogen (secondary N) is 2. The van der Waals surface area contributed by atoms with Crippen molar-refractivity contribution >= 4 is 40.7 Å². The quantitative estimate of drug-likeness (QED) is 0.650. The molecule has 0 radical (unpaired) electrons. The molecule has 2 aromatic carbocycles. The summed E-state index contributed by atoms with van der Waals surface area (Å²) in [4.78, 5) is 43.9. The molecular weight excluding hydrogens is 461 g/mol. The van der Waals surface area contributed by atoms with Gasteiger partial charge in [0, 0.05) is 55.7 Å². The molecule has 34 heavy (non-hydrogen) atoms. The first-order valence-corrected chi connectivity index (χ1v) is 11.6. The first kappa shape index (κ1) is 24.0. The van der Waals surface area contributed by atoms with Crippen LogP contribution in [0.1, 0.15) is 6.42 Å². The number of halogens is 2. The predicted octanol–water partition coefficient (Wildman–Crippen LogP) is 1.96. The Morgan fingerprint density at radius 1 is 1.00 bits per heavy atom. The molecule has 8 nitrogen and oxygen atoms in total. The Labute approximate surface area is 202 Å². The second-order valence-corrected chi connectivity index (χ2v) is 8.83. The summed E-state index contributed by atoms with van der Waals surface area (Å²) in [5.41, 5.74) is 1.52. The smallest absolute Gasteiger partial charge is 0.243 e. The van der Waals surface area contributed by atoms with E-state index in [0.29, 0.717) is 50.0 Å². The third-order valence-corrected chi connectivity index (χ3v) is 6.33. The van der Waals surface area contributed by atoms with Gasteiger partial charge in [0.15, 0.2) is 0 Å². The highest BCUT2D eigenvalue weighted by molar-refractivity contribution is 6.30. The summed E-state index contributed by atoms with van der Waals surface area (Å²) in [6.07, 6.45) is -0.126. The lowest BCUT2D eigenvalue weighted by Gasteiger charge is -2.39. The number of piperazine rings is 2. The van der Waals surface area contributed by atoms with Crippen LogP contribution in [0.25, 0.3) is 0 Å². The van der Waals surface area contributed by atoms with Gasteiger partial charge in [0.1, 0.15) is 11.9 Å². The minimum atomic E-state index is -0.853. The number of nitrogens with zero attached hydrogens (tertiary/aromatic N) is 3. The van der Waals surface area contributed by atoms with Gasteiger partial charge in [-0.25, -0.2) is 4.39 Å². The average Bonchev–Trinajstić information content (AvgIpc) is 2.83. The van der Waals surface area contributed by atoms with E-state index in [1.54, 1.807) is 36.4 Å². The van der Waals surface area contributed by atoms with Crippen molar-refractivity contribution < 1.29 is 18.8 Å². The summed E-state index contributed by atoms with van der Waals surface area (Å²) in [6.45, 7) is 3.67. The van der Waals surface area contributed by atoms with Crippen molar-refractivity contribution in [1.29, 1.82) is 0 Å². The molecule has 0 bridgehead atoms. The molecule has 1 atom stereocenters. The highest BCUT2D eigenvalue weighted by Gasteiger charge is 2.35. The standard InChI is InChI=1S/C24H27ClFN5O3/c25-17-1-5-19(6-2-17)28-22(32)15-21-24(34)27-9-10-31(21)23(33)16-29-11-13-30(14-12-29)20-7-3-18(26)4-8-20/h1-8,21H,9-16H2,(H,27,34)(H,28,32). The molecular formula is C24H27ClFN5O3. The van der Waals surface area contributed by atoms with Crippen LogP contribution in [0.5, 0.6) is 0 Å². The zero-order valence-corrected chi connectivity index (χ0v) is 19.4. The fraction of sp³-hybridized carbons (Fsp3) is 0.375. The molecule has 2 heterocycles. The van der Waals surface area contributed by atoms with Crippen molar-refractivity contribution in [3.8, 4) is 0 Å². The summed E-state index contributed by atoms with van der Waals surface area (Å²) < 4.78 is 13.2. The molecule has 3 amide bonds. The second kappa shape index (κ2) is 10.8. The second-order valence-electron chi connectivity index (χ2n) is 8.39. The van der Waals surface area contributed by atoms with Crippen LogP contribution in [0.3, 0.4) is 0 Å². The minimum Gasteiger partial charge on any atom is -0.369 e. The van der Waals surface area contributed by atoms with Gasteiger partial charge in [-0.3, -0.25) is 19.3 Å². The fourth-order valence-electron chi connectivity index (χ4n) is 4.24. The van der Waals surface area contributed by atoms with Crippen molar-refractivity contribution in [3.05, 3.63) is 59.4 Å². The lowest BCUT2D eigenvalue weighted by molar-refractivity contribution is -0.145. The van der Waals surface area contributed by atoms with E-state index in [1.165, 1.54) is 17.0 Å². The van der Waals surface area contributed by atoms with E-state index in [4.69, 9.17) is 11.6 Å².